The molecule has 2 aromatic rings. The Morgan fingerprint density at radius 3 is 2.61 bits per heavy atom. The third-order valence-corrected chi connectivity index (χ3v) is 6.11. The van der Waals surface area contributed by atoms with Crippen molar-refractivity contribution in [1.82, 2.24) is 0 Å². The van der Waals surface area contributed by atoms with Gasteiger partial charge in [-0.15, -0.1) is 0 Å². The van der Waals surface area contributed by atoms with Crippen molar-refractivity contribution in [2.75, 3.05) is 6.61 Å². The van der Waals surface area contributed by atoms with Crippen molar-refractivity contribution in [2.24, 2.45) is 5.92 Å². The lowest BCUT2D eigenvalue weighted by molar-refractivity contribution is -0.226. The predicted octanol–water partition coefficient (Wildman–Crippen LogP) is 4.75. The van der Waals surface area contributed by atoms with E-state index in [1.807, 2.05) is 13.8 Å². The number of carbonyl (C=O) groups excluding carboxylic acids is 1. The summed E-state index contributed by atoms with van der Waals surface area (Å²) in [4.78, 5) is 24.5. The second kappa shape index (κ2) is 8.94. The SMILES string of the molecule is C=CCOc1c(C(=C)C)c(=O)oc2c(C)c(OC3O[C@@H](CC)[C@H](C)[C@H]4OC(=O)O[C@@H]34)ccc12. The molecule has 176 valence electrons. The fraction of sp³-hybridized carbons (Fsp3) is 0.440. The molecule has 2 aliphatic rings. The molecule has 8 nitrogen and oxygen atoms in total. The molecule has 0 amide bonds. The Morgan fingerprint density at radius 2 is 1.94 bits per heavy atom. The number of allylic oxidation sites excluding steroid dienone is 1. The Hall–Kier alpha value is -3.26. The Labute approximate surface area is 191 Å². The van der Waals surface area contributed by atoms with Crippen molar-refractivity contribution in [3.63, 3.8) is 0 Å². The van der Waals surface area contributed by atoms with E-state index < -0.39 is 30.3 Å². The Morgan fingerprint density at radius 1 is 1.21 bits per heavy atom. The summed E-state index contributed by atoms with van der Waals surface area (Å²) in [6.45, 7) is 15.2. The molecule has 2 aliphatic heterocycles. The van der Waals surface area contributed by atoms with Crippen LogP contribution in [0.2, 0.25) is 0 Å². The molecule has 33 heavy (non-hydrogen) atoms. The number of fused-ring (bicyclic) bond motifs is 2. The quantitative estimate of drug-likeness (QED) is 0.335. The summed E-state index contributed by atoms with van der Waals surface area (Å²) in [5.74, 6) is 0.780. The normalized spacial score (nSPS) is 26.3. The molecule has 0 bridgehead atoms. The van der Waals surface area contributed by atoms with Gasteiger partial charge in [0.25, 0.3) is 0 Å². The maximum absolute atomic E-state index is 12.7. The molecule has 0 radical (unpaired) electrons. The third-order valence-electron chi connectivity index (χ3n) is 6.11. The van der Waals surface area contributed by atoms with E-state index in [4.69, 9.17) is 28.1 Å². The van der Waals surface area contributed by atoms with Crippen LogP contribution in [0.1, 0.15) is 38.3 Å². The topological polar surface area (TPSA) is 93.4 Å². The maximum Gasteiger partial charge on any atom is 0.509 e. The first-order chi connectivity index (χ1) is 15.8. The zero-order valence-corrected chi connectivity index (χ0v) is 19.2. The first kappa shape index (κ1) is 22.9. The van der Waals surface area contributed by atoms with Crippen molar-refractivity contribution < 1.29 is 32.9 Å². The summed E-state index contributed by atoms with van der Waals surface area (Å²) in [5.41, 5.74) is 1.17. The van der Waals surface area contributed by atoms with Crippen LogP contribution in [-0.2, 0) is 14.2 Å². The van der Waals surface area contributed by atoms with E-state index in [0.29, 0.717) is 33.6 Å². The molecular weight excluding hydrogens is 428 g/mol. The zero-order valence-electron chi connectivity index (χ0n) is 19.2. The molecule has 0 N–H and O–H groups in total. The molecular formula is C25H28O8. The Bertz CT molecular complexity index is 1160. The minimum Gasteiger partial charge on any atom is -0.488 e. The van der Waals surface area contributed by atoms with Crippen LogP contribution in [0.3, 0.4) is 0 Å². The van der Waals surface area contributed by atoms with E-state index in [1.54, 1.807) is 32.1 Å². The van der Waals surface area contributed by atoms with Gasteiger partial charge in [-0.3, -0.25) is 0 Å². The van der Waals surface area contributed by atoms with Gasteiger partial charge in [0.2, 0.25) is 12.4 Å². The highest BCUT2D eigenvalue weighted by Crippen LogP contribution is 2.39. The second-order valence-electron chi connectivity index (χ2n) is 8.38. The van der Waals surface area contributed by atoms with Gasteiger partial charge in [0, 0.05) is 11.5 Å². The molecule has 5 atom stereocenters. The fourth-order valence-electron chi connectivity index (χ4n) is 4.42. The van der Waals surface area contributed by atoms with E-state index in [9.17, 15) is 9.59 Å². The van der Waals surface area contributed by atoms with Crippen LogP contribution in [0.5, 0.6) is 11.5 Å². The van der Waals surface area contributed by atoms with E-state index in [0.717, 1.165) is 6.42 Å². The molecule has 2 saturated heterocycles. The first-order valence-corrected chi connectivity index (χ1v) is 11.0. The highest BCUT2D eigenvalue weighted by Gasteiger charge is 2.53. The fourth-order valence-corrected chi connectivity index (χ4v) is 4.42. The predicted molar refractivity (Wildman–Crippen MR) is 122 cm³/mol. The van der Waals surface area contributed by atoms with Crippen molar-refractivity contribution in [1.29, 1.82) is 0 Å². The molecule has 3 heterocycles. The van der Waals surface area contributed by atoms with Crippen LogP contribution in [0.4, 0.5) is 4.79 Å². The van der Waals surface area contributed by atoms with Gasteiger partial charge in [-0.2, -0.15) is 0 Å². The number of aryl methyl sites for hydroxylation is 1. The summed E-state index contributed by atoms with van der Waals surface area (Å²) < 4.78 is 34.4. The summed E-state index contributed by atoms with van der Waals surface area (Å²) in [5, 5.41) is 0.609. The highest BCUT2D eigenvalue weighted by molar-refractivity contribution is 5.91. The summed E-state index contributed by atoms with van der Waals surface area (Å²) in [6, 6.07) is 3.50. The Balaban J connectivity index is 1.75. The van der Waals surface area contributed by atoms with Crippen molar-refractivity contribution >= 4 is 22.7 Å². The van der Waals surface area contributed by atoms with Crippen LogP contribution >= 0.6 is 0 Å². The van der Waals surface area contributed by atoms with Crippen LogP contribution in [0.15, 0.2) is 40.6 Å². The molecule has 4 rings (SSSR count). The van der Waals surface area contributed by atoms with Gasteiger partial charge in [0.15, 0.2) is 6.10 Å². The molecule has 1 aromatic carbocycles. The number of hydrogen-bond donors (Lipinski definition) is 0. The number of hydrogen-bond acceptors (Lipinski definition) is 8. The smallest absolute Gasteiger partial charge is 0.488 e. The van der Waals surface area contributed by atoms with E-state index >= 15 is 0 Å². The number of ether oxygens (including phenoxy) is 5. The van der Waals surface area contributed by atoms with Gasteiger partial charge in [-0.05, 0) is 38.0 Å². The lowest BCUT2D eigenvalue weighted by atomic mass is 9.89. The average Bonchev–Trinajstić information content (AvgIpc) is 3.17. The van der Waals surface area contributed by atoms with Gasteiger partial charge >= 0.3 is 11.8 Å². The van der Waals surface area contributed by atoms with Gasteiger partial charge in [0.05, 0.1) is 11.5 Å². The summed E-state index contributed by atoms with van der Waals surface area (Å²) >= 11 is 0. The molecule has 1 aromatic heterocycles. The number of benzene rings is 1. The van der Waals surface area contributed by atoms with Crippen LogP contribution < -0.4 is 15.1 Å². The van der Waals surface area contributed by atoms with Gasteiger partial charge in [-0.1, -0.05) is 33.1 Å². The minimum absolute atomic E-state index is 0.0350. The monoisotopic (exact) mass is 456 g/mol. The van der Waals surface area contributed by atoms with Crippen molar-refractivity contribution in [2.45, 2.75) is 58.7 Å². The van der Waals surface area contributed by atoms with Crippen molar-refractivity contribution in [3.05, 3.63) is 52.9 Å². The number of rotatable bonds is 7. The minimum atomic E-state index is -0.864. The second-order valence-corrected chi connectivity index (χ2v) is 8.38. The summed E-state index contributed by atoms with van der Waals surface area (Å²) in [7, 11) is 0. The largest absolute Gasteiger partial charge is 0.509 e. The van der Waals surface area contributed by atoms with Crippen LogP contribution in [0, 0.1) is 12.8 Å². The lowest BCUT2D eigenvalue weighted by Crippen LogP contribution is -2.54. The number of carbonyl (C=O) groups is 1. The molecule has 2 fully saturated rings. The first-order valence-electron chi connectivity index (χ1n) is 11.0. The highest BCUT2D eigenvalue weighted by atomic mass is 16.8. The van der Waals surface area contributed by atoms with Gasteiger partial charge in [-0.25, -0.2) is 9.59 Å². The van der Waals surface area contributed by atoms with Crippen LogP contribution in [0.25, 0.3) is 16.5 Å². The zero-order chi connectivity index (χ0) is 23.9. The maximum atomic E-state index is 12.7. The molecule has 1 unspecified atom stereocenters. The third kappa shape index (κ3) is 3.99. The molecule has 0 spiro atoms. The lowest BCUT2D eigenvalue weighted by Gasteiger charge is -2.39. The van der Waals surface area contributed by atoms with Crippen molar-refractivity contribution in [3.8, 4) is 11.5 Å². The summed E-state index contributed by atoms with van der Waals surface area (Å²) in [6.07, 6.45) is -0.603. The van der Waals surface area contributed by atoms with E-state index in [-0.39, 0.29) is 24.2 Å². The van der Waals surface area contributed by atoms with E-state index in [2.05, 4.69) is 13.2 Å². The van der Waals surface area contributed by atoms with Gasteiger partial charge < -0.3 is 28.1 Å². The van der Waals surface area contributed by atoms with E-state index in [1.165, 1.54) is 0 Å². The van der Waals surface area contributed by atoms with Crippen LogP contribution in [-0.4, -0.2) is 37.4 Å². The molecule has 8 heteroatoms. The Kier molecular flexibility index (Phi) is 6.21. The standard InChI is InChI=1S/C25H28O8/c1-7-11-28-21-15-9-10-17(14(6)19(15)31-23(26)18(21)12(3)4)30-24-22-20(32-25(27)33-22)13(5)16(8-2)29-24/h7,9-10,13,16,20,22,24H,1,3,8,11H2,2,4-6H3/t13-,16-,20+,22+,24?/m0/s1. The average molecular weight is 456 g/mol. The molecule has 0 aliphatic carbocycles. The van der Waals surface area contributed by atoms with Gasteiger partial charge in [0.1, 0.15) is 29.3 Å². The molecule has 0 saturated carbocycles.